The maximum atomic E-state index is 12.8. The van der Waals surface area contributed by atoms with Gasteiger partial charge in [-0.15, -0.1) is 13.2 Å². The van der Waals surface area contributed by atoms with Crippen LogP contribution in [0, 0.1) is 5.82 Å². The molecule has 7 nitrogen and oxygen atoms in total. The van der Waals surface area contributed by atoms with Gasteiger partial charge in [0.15, 0.2) is 13.2 Å². The van der Waals surface area contributed by atoms with Gasteiger partial charge < -0.3 is 18.7 Å². The van der Waals surface area contributed by atoms with E-state index < -0.39 is 24.8 Å². The lowest BCUT2D eigenvalue weighted by molar-refractivity contribution is -0.274. The van der Waals surface area contributed by atoms with Gasteiger partial charge in [-0.25, -0.2) is 9.18 Å². The molecule has 0 spiro atoms. The topological polar surface area (TPSA) is 83.7 Å². The van der Waals surface area contributed by atoms with Crippen LogP contribution in [0.1, 0.15) is 5.89 Å². The number of esters is 1. The minimum absolute atomic E-state index is 0.0225. The second-order valence-electron chi connectivity index (χ2n) is 5.49. The highest BCUT2D eigenvalue weighted by molar-refractivity contribution is 5.71. The summed E-state index contributed by atoms with van der Waals surface area (Å²) in [5.41, 5.74) is 0.375. The Bertz CT molecular complexity index is 956. The predicted molar refractivity (Wildman–Crippen MR) is 88.1 cm³/mol. The first-order chi connectivity index (χ1) is 13.8. The highest BCUT2D eigenvalue weighted by Gasteiger charge is 2.31. The van der Waals surface area contributed by atoms with Gasteiger partial charge in [-0.3, -0.25) is 0 Å². The van der Waals surface area contributed by atoms with E-state index in [1.165, 1.54) is 36.4 Å². The average Bonchev–Trinajstić information content (AvgIpc) is 3.14. The fraction of sp³-hybridized carbons (Fsp3) is 0.167. The number of alkyl halides is 3. The summed E-state index contributed by atoms with van der Waals surface area (Å²) < 4.78 is 68.0. The van der Waals surface area contributed by atoms with Gasteiger partial charge in [0.25, 0.3) is 5.89 Å². The Morgan fingerprint density at radius 3 is 2.31 bits per heavy atom. The second kappa shape index (κ2) is 8.59. The quantitative estimate of drug-likeness (QED) is 0.430. The van der Waals surface area contributed by atoms with Crippen molar-refractivity contribution in [1.29, 1.82) is 0 Å². The van der Waals surface area contributed by atoms with Gasteiger partial charge in [0.2, 0.25) is 5.82 Å². The first-order valence-corrected chi connectivity index (χ1v) is 8.01. The molecule has 0 aliphatic heterocycles. The lowest BCUT2D eigenvalue weighted by Gasteiger charge is -2.08. The standard InChI is InChI=1S/C18H12F4N2O5/c19-12-3-7-13(8-4-12)26-10-16(25)27-9-15-23-17(24-29-15)11-1-5-14(6-2-11)28-18(20,21)22/h1-8H,9-10H2. The van der Waals surface area contributed by atoms with Crippen LogP contribution in [0.3, 0.4) is 0 Å². The van der Waals surface area contributed by atoms with Crippen molar-refractivity contribution in [2.45, 2.75) is 13.0 Å². The van der Waals surface area contributed by atoms with E-state index in [0.29, 0.717) is 11.3 Å². The number of hydrogen-bond acceptors (Lipinski definition) is 7. The Balaban J connectivity index is 1.49. The summed E-state index contributed by atoms with van der Waals surface area (Å²) in [6, 6.07) is 9.93. The number of hydrogen-bond donors (Lipinski definition) is 0. The van der Waals surface area contributed by atoms with Crippen LogP contribution in [0.15, 0.2) is 53.1 Å². The van der Waals surface area contributed by atoms with Crippen molar-refractivity contribution in [1.82, 2.24) is 10.1 Å². The van der Waals surface area contributed by atoms with Crippen molar-refractivity contribution in [2.24, 2.45) is 0 Å². The Morgan fingerprint density at radius 2 is 1.66 bits per heavy atom. The number of aromatic nitrogens is 2. The highest BCUT2D eigenvalue weighted by atomic mass is 19.4. The van der Waals surface area contributed by atoms with E-state index >= 15 is 0 Å². The molecule has 0 radical (unpaired) electrons. The van der Waals surface area contributed by atoms with E-state index in [-0.39, 0.29) is 24.1 Å². The van der Waals surface area contributed by atoms with Gasteiger partial charge in [0.1, 0.15) is 17.3 Å². The largest absolute Gasteiger partial charge is 0.573 e. The van der Waals surface area contributed by atoms with E-state index in [1.807, 2.05) is 0 Å². The smallest absolute Gasteiger partial charge is 0.482 e. The zero-order valence-electron chi connectivity index (χ0n) is 14.5. The zero-order valence-corrected chi connectivity index (χ0v) is 14.5. The fourth-order valence-corrected chi connectivity index (χ4v) is 2.09. The minimum atomic E-state index is -4.79. The van der Waals surface area contributed by atoms with Crippen molar-refractivity contribution in [3.63, 3.8) is 0 Å². The van der Waals surface area contributed by atoms with Crippen molar-refractivity contribution >= 4 is 5.97 Å². The van der Waals surface area contributed by atoms with Crippen LogP contribution in [0.2, 0.25) is 0 Å². The minimum Gasteiger partial charge on any atom is -0.482 e. The van der Waals surface area contributed by atoms with Crippen LogP contribution in [-0.4, -0.2) is 29.1 Å². The summed E-state index contributed by atoms with van der Waals surface area (Å²) in [7, 11) is 0. The molecular formula is C18H12F4N2O5. The summed E-state index contributed by atoms with van der Waals surface area (Å²) in [6.07, 6.45) is -4.79. The Morgan fingerprint density at radius 1 is 1.00 bits per heavy atom. The molecule has 0 saturated carbocycles. The molecule has 152 valence electrons. The van der Waals surface area contributed by atoms with E-state index in [4.69, 9.17) is 14.0 Å². The molecule has 0 amide bonds. The van der Waals surface area contributed by atoms with E-state index in [9.17, 15) is 22.4 Å². The van der Waals surface area contributed by atoms with Gasteiger partial charge in [0, 0.05) is 5.56 Å². The summed E-state index contributed by atoms with van der Waals surface area (Å²) in [5, 5.41) is 3.66. The van der Waals surface area contributed by atoms with Gasteiger partial charge in [0.05, 0.1) is 0 Å². The Labute approximate surface area is 160 Å². The molecule has 29 heavy (non-hydrogen) atoms. The van der Waals surface area contributed by atoms with Crippen LogP contribution < -0.4 is 9.47 Å². The van der Waals surface area contributed by atoms with E-state index in [0.717, 1.165) is 12.1 Å². The predicted octanol–water partition coefficient (Wildman–Crippen LogP) is 3.90. The normalized spacial score (nSPS) is 11.2. The van der Waals surface area contributed by atoms with Crippen LogP contribution >= 0.6 is 0 Å². The fourth-order valence-electron chi connectivity index (χ4n) is 2.09. The monoisotopic (exact) mass is 412 g/mol. The maximum Gasteiger partial charge on any atom is 0.573 e. The van der Waals surface area contributed by atoms with Crippen LogP contribution in [0.25, 0.3) is 11.4 Å². The third kappa shape index (κ3) is 6.19. The van der Waals surface area contributed by atoms with Crippen molar-refractivity contribution in [2.75, 3.05) is 6.61 Å². The first-order valence-electron chi connectivity index (χ1n) is 8.01. The second-order valence-corrected chi connectivity index (χ2v) is 5.49. The number of rotatable bonds is 7. The molecule has 1 aromatic heterocycles. The molecule has 1 heterocycles. The zero-order chi connectivity index (χ0) is 20.9. The lowest BCUT2D eigenvalue weighted by Crippen LogP contribution is -2.16. The van der Waals surface area contributed by atoms with Crippen LogP contribution in [-0.2, 0) is 16.1 Å². The number of benzene rings is 2. The number of ether oxygens (including phenoxy) is 3. The molecule has 3 aromatic rings. The van der Waals surface area contributed by atoms with Gasteiger partial charge in [-0.1, -0.05) is 5.16 Å². The summed E-state index contributed by atoms with van der Waals surface area (Å²) in [4.78, 5) is 15.7. The average molecular weight is 412 g/mol. The molecule has 0 atom stereocenters. The molecular weight excluding hydrogens is 400 g/mol. The van der Waals surface area contributed by atoms with Gasteiger partial charge in [-0.2, -0.15) is 4.98 Å². The third-order valence-electron chi connectivity index (χ3n) is 3.34. The van der Waals surface area contributed by atoms with Crippen molar-refractivity contribution in [3.05, 3.63) is 60.2 Å². The summed E-state index contributed by atoms with van der Waals surface area (Å²) >= 11 is 0. The van der Waals surface area contributed by atoms with E-state index in [1.54, 1.807) is 0 Å². The molecule has 0 saturated heterocycles. The molecule has 0 N–H and O–H groups in total. The molecule has 0 aliphatic rings. The summed E-state index contributed by atoms with van der Waals surface area (Å²) in [5.74, 6) is -1.18. The van der Waals surface area contributed by atoms with E-state index in [2.05, 4.69) is 14.9 Å². The van der Waals surface area contributed by atoms with Gasteiger partial charge >= 0.3 is 12.3 Å². The molecule has 3 rings (SSSR count). The maximum absolute atomic E-state index is 12.8. The summed E-state index contributed by atoms with van der Waals surface area (Å²) in [6.45, 7) is -0.735. The number of nitrogens with zero attached hydrogens (tertiary/aromatic N) is 2. The molecule has 0 fully saturated rings. The third-order valence-corrected chi connectivity index (χ3v) is 3.34. The molecule has 0 bridgehead atoms. The lowest BCUT2D eigenvalue weighted by atomic mass is 10.2. The molecule has 2 aromatic carbocycles. The number of halogens is 4. The van der Waals surface area contributed by atoms with Crippen LogP contribution in [0.5, 0.6) is 11.5 Å². The number of carbonyl (C=O) groups excluding carboxylic acids is 1. The van der Waals surface area contributed by atoms with Crippen molar-refractivity contribution in [3.8, 4) is 22.9 Å². The first kappa shape index (κ1) is 20.1. The SMILES string of the molecule is O=C(COc1ccc(F)cc1)OCc1nc(-c2ccc(OC(F)(F)F)cc2)no1. The van der Waals surface area contributed by atoms with Crippen LogP contribution in [0.4, 0.5) is 17.6 Å². The Hall–Kier alpha value is -3.63. The molecule has 11 heteroatoms. The molecule has 0 unspecified atom stereocenters. The number of carbonyl (C=O) groups is 1. The van der Waals surface area contributed by atoms with Crippen molar-refractivity contribution < 1.29 is 41.1 Å². The van der Waals surface area contributed by atoms with Gasteiger partial charge in [-0.05, 0) is 48.5 Å². The molecule has 0 aliphatic carbocycles. The highest BCUT2D eigenvalue weighted by Crippen LogP contribution is 2.25. The Kier molecular flexibility index (Phi) is 5.96.